The first-order chi connectivity index (χ1) is 12.0. The smallest absolute Gasteiger partial charge is 0.248 e. The third kappa shape index (κ3) is 4.30. The van der Waals surface area contributed by atoms with Crippen LogP contribution >= 0.6 is 15.9 Å². The predicted octanol–water partition coefficient (Wildman–Crippen LogP) is 3.61. The lowest BCUT2D eigenvalue weighted by atomic mass is 10.1. The molecule has 3 aromatic rings. The highest BCUT2D eigenvalue weighted by Gasteiger charge is 2.11. The average Bonchev–Trinajstić information content (AvgIpc) is 3.06. The quantitative estimate of drug-likeness (QED) is 0.710. The third-order valence-corrected chi connectivity index (χ3v) is 4.41. The van der Waals surface area contributed by atoms with Crippen LogP contribution in [0.25, 0.3) is 11.4 Å². The molecule has 128 valence electrons. The fourth-order valence-corrected chi connectivity index (χ4v) is 2.95. The van der Waals surface area contributed by atoms with Gasteiger partial charge in [-0.25, -0.2) is 0 Å². The largest absolute Gasteiger partial charge is 0.323 e. The van der Waals surface area contributed by atoms with Crippen molar-refractivity contribution < 1.29 is 4.79 Å². The zero-order chi connectivity index (χ0) is 17.8. The fraction of sp³-hybridized carbons (Fsp3) is 0.222. The molecule has 25 heavy (non-hydrogen) atoms. The molecule has 1 N–H and O–H groups in total. The van der Waals surface area contributed by atoms with Crippen molar-refractivity contribution >= 4 is 27.5 Å². The molecule has 0 aliphatic carbocycles. The highest BCUT2D eigenvalue weighted by molar-refractivity contribution is 9.10. The van der Waals surface area contributed by atoms with Crippen molar-refractivity contribution in [2.24, 2.45) is 0 Å². The molecule has 6 nitrogen and oxygen atoms in total. The summed E-state index contributed by atoms with van der Waals surface area (Å²) in [7, 11) is 0. The summed E-state index contributed by atoms with van der Waals surface area (Å²) < 4.78 is 0.837. The number of carbonyl (C=O) groups excluding carboxylic acids is 1. The third-order valence-electron chi connectivity index (χ3n) is 3.76. The van der Waals surface area contributed by atoms with Gasteiger partial charge in [0.2, 0.25) is 11.7 Å². The first-order valence-electron chi connectivity index (χ1n) is 7.98. The summed E-state index contributed by atoms with van der Waals surface area (Å²) in [5.41, 5.74) is 3.96. The number of nitrogens with one attached hydrogen (secondary N) is 1. The Bertz CT molecular complexity index is 889. The summed E-state index contributed by atoms with van der Waals surface area (Å²) in [6.45, 7) is 4.10. The number of carbonyl (C=O) groups is 1. The van der Waals surface area contributed by atoms with E-state index in [-0.39, 0.29) is 12.5 Å². The number of tetrazole rings is 1. The van der Waals surface area contributed by atoms with Gasteiger partial charge < -0.3 is 5.32 Å². The number of hydrogen-bond donors (Lipinski definition) is 1. The Morgan fingerprint density at radius 3 is 2.64 bits per heavy atom. The topological polar surface area (TPSA) is 72.7 Å². The van der Waals surface area contributed by atoms with Crippen LogP contribution in [0.3, 0.4) is 0 Å². The van der Waals surface area contributed by atoms with Gasteiger partial charge in [0.1, 0.15) is 6.54 Å². The zero-order valence-corrected chi connectivity index (χ0v) is 15.6. The average molecular weight is 400 g/mol. The first-order valence-corrected chi connectivity index (χ1v) is 8.77. The van der Waals surface area contributed by atoms with Gasteiger partial charge in [-0.1, -0.05) is 37.3 Å². The summed E-state index contributed by atoms with van der Waals surface area (Å²) >= 11 is 3.44. The molecule has 1 heterocycles. The van der Waals surface area contributed by atoms with E-state index in [4.69, 9.17) is 0 Å². The van der Waals surface area contributed by atoms with Crippen molar-refractivity contribution in [3.63, 3.8) is 0 Å². The van der Waals surface area contributed by atoms with E-state index in [2.05, 4.69) is 43.6 Å². The van der Waals surface area contributed by atoms with Crippen molar-refractivity contribution in [2.45, 2.75) is 26.8 Å². The van der Waals surface area contributed by atoms with E-state index in [1.54, 1.807) is 0 Å². The number of aryl methyl sites for hydroxylation is 2. The van der Waals surface area contributed by atoms with Crippen molar-refractivity contribution in [2.75, 3.05) is 5.32 Å². The summed E-state index contributed by atoms with van der Waals surface area (Å²) in [4.78, 5) is 13.5. The molecule has 1 aromatic heterocycles. The van der Waals surface area contributed by atoms with Crippen LogP contribution in [0.4, 0.5) is 5.69 Å². The van der Waals surface area contributed by atoms with E-state index in [1.165, 1.54) is 10.4 Å². The maximum atomic E-state index is 12.2. The molecule has 3 rings (SSSR count). The highest BCUT2D eigenvalue weighted by Crippen LogP contribution is 2.23. The lowest BCUT2D eigenvalue weighted by Crippen LogP contribution is -2.20. The van der Waals surface area contributed by atoms with Crippen LogP contribution in [0.15, 0.2) is 46.9 Å². The van der Waals surface area contributed by atoms with E-state index in [0.717, 1.165) is 22.0 Å². The minimum Gasteiger partial charge on any atom is -0.323 e. The summed E-state index contributed by atoms with van der Waals surface area (Å²) in [5, 5.41) is 15.1. The maximum absolute atomic E-state index is 12.2. The Hall–Kier alpha value is -2.54. The Balaban J connectivity index is 1.67. The molecule has 0 radical (unpaired) electrons. The summed E-state index contributed by atoms with van der Waals surface area (Å²) in [5.74, 6) is 0.293. The van der Waals surface area contributed by atoms with Crippen LogP contribution in [0.1, 0.15) is 18.1 Å². The monoisotopic (exact) mass is 399 g/mol. The highest BCUT2D eigenvalue weighted by atomic mass is 79.9. The van der Waals surface area contributed by atoms with Crippen molar-refractivity contribution in [3.8, 4) is 11.4 Å². The Morgan fingerprint density at radius 2 is 1.96 bits per heavy atom. The second-order valence-corrected chi connectivity index (χ2v) is 6.58. The molecule has 0 spiro atoms. The van der Waals surface area contributed by atoms with Gasteiger partial charge in [-0.15, -0.1) is 10.2 Å². The number of hydrogen-bond acceptors (Lipinski definition) is 4. The van der Waals surface area contributed by atoms with E-state index >= 15 is 0 Å². The van der Waals surface area contributed by atoms with Crippen LogP contribution < -0.4 is 5.32 Å². The summed E-state index contributed by atoms with van der Waals surface area (Å²) in [6.07, 6.45) is 0.981. The van der Waals surface area contributed by atoms with Gasteiger partial charge in [-0.05, 0) is 57.7 Å². The summed E-state index contributed by atoms with van der Waals surface area (Å²) in [6, 6.07) is 13.7. The van der Waals surface area contributed by atoms with Crippen molar-refractivity contribution in [1.82, 2.24) is 20.2 Å². The molecule has 0 saturated carbocycles. The molecule has 0 aliphatic heterocycles. The predicted molar refractivity (Wildman–Crippen MR) is 100 cm³/mol. The Labute approximate surface area is 154 Å². The van der Waals surface area contributed by atoms with Gasteiger partial charge >= 0.3 is 0 Å². The number of benzene rings is 2. The van der Waals surface area contributed by atoms with Gasteiger partial charge in [-0.2, -0.15) is 4.80 Å². The molecule has 7 heteroatoms. The number of rotatable bonds is 5. The molecule has 0 aliphatic rings. The fourth-order valence-electron chi connectivity index (χ4n) is 2.35. The van der Waals surface area contributed by atoms with Gasteiger partial charge in [0.15, 0.2) is 0 Å². The molecule has 1 amide bonds. The van der Waals surface area contributed by atoms with Crippen LogP contribution in [-0.4, -0.2) is 26.1 Å². The number of halogens is 1. The zero-order valence-electron chi connectivity index (χ0n) is 14.0. The molecule has 0 unspecified atom stereocenters. The number of amides is 1. The van der Waals surface area contributed by atoms with Crippen LogP contribution in [0.5, 0.6) is 0 Å². The van der Waals surface area contributed by atoms with Gasteiger partial charge in [0.25, 0.3) is 0 Å². The lowest BCUT2D eigenvalue weighted by Gasteiger charge is -2.07. The van der Waals surface area contributed by atoms with Gasteiger partial charge in [-0.3, -0.25) is 4.79 Å². The van der Waals surface area contributed by atoms with Gasteiger partial charge in [0, 0.05) is 10.0 Å². The van der Waals surface area contributed by atoms with Crippen molar-refractivity contribution in [1.29, 1.82) is 0 Å². The van der Waals surface area contributed by atoms with Crippen LogP contribution in [0.2, 0.25) is 0 Å². The molecule has 2 aromatic carbocycles. The minimum absolute atomic E-state index is 0.000357. The molecular formula is C18H18BrN5O. The van der Waals surface area contributed by atoms with E-state index in [1.807, 2.05) is 49.4 Å². The second-order valence-electron chi connectivity index (χ2n) is 5.73. The molecule has 0 atom stereocenters. The number of aromatic nitrogens is 4. The molecular weight excluding hydrogens is 382 g/mol. The second kappa shape index (κ2) is 7.57. The Kier molecular flexibility index (Phi) is 5.23. The van der Waals surface area contributed by atoms with Gasteiger partial charge in [0.05, 0.1) is 5.69 Å². The number of anilines is 1. The maximum Gasteiger partial charge on any atom is 0.248 e. The van der Waals surface area contributed by atoms with Crippen LogP contribution in [-0.2, 0) is 17.8 Å². The standard InChI is InChI=1S/C18H18BrN5O/c1-3-13-5-7-14(8-6-13)18-21-23-24(22-18)11-17(25)20-16-9-4-12(2)10-15(16)19/h4-10H,3,11H2,1-2H3,(H,20,25). The van der Waals surface area contributed by atoms with Crippen LogP contribution in [0, 0.1) is 6.92 Å². The van der Waals surface area contributed by atoms with E-state index < -0.39 is 0 Å². The molecule has 0 saturated heterocycles. The lowest BCUT2D eigenvalue weighted by molar-refractivity contribution is -0.117. The van der Waals surface area contributed by atoms with Crippen molar-refractivity contribution in [3.05, 3.63) is 58.1 Å². The molecule has 0 bridgehead atoms. The minimum atomic E-state index is -0.213. The van der Waals surface area contributed by atoms with E-state index in [9.17, 15) is 4.79 Å². The van der Waals surface area contributed by atoms with E-state index in [0.29, 0.717) is 11.5 Å². The number of nitrogens with zero attached hydrogens (tertiary/aromatic N) is 4. The molecule has 0 fully saturated rings. The SMILES string of the molecule is CCc1ccc(-c2nnn(CC(=O)Nc3ccc(C)cc3Br)n2)cc1. The normalized spacial score (nSPS) is 10.7. The Morgan fingerprint density at radius 1 is 1.20 bits per heavy atom. The first kappa shape index (κ1) is 17.3.